The summed E-state index contributed by atoms with van der Waals surface area (Å²) in [5, 5.41) is 12.5. The van der Waals surface area contributed by atoms with Crippen molar-refractivity contribution < 1.29 is 13.2 Å². The zero-order valence-corrected chi connectivity index (χ0v) is 13.4. The van der Waals surface area contributed by atoms with E-state index in [1.54, 1.807) is 6.20 Å². The van der Waals surface area contributed by atoms with Gasteiger partial charge < -0.3 is 4.90 Å². The fourth-order valence-electron chi connectivity index (χ4n) is 2.95. The van der Waals surface area contributed by atoms with E-state index in [0.717, 1.165) is 27.9 Å². The maximum absolute atomic E-state index is 13.4. The van der Waals surface area contributed by atoms with E-state index in [1.165, 1.54) is 4.68 Å². The highest BCUT2D eigenvalue weighted by Crippen LogP contribution is 2.32. The van der Waals surface area contributed by atoms with Crippen molar-refractivity contribution in [2.75, 3.05) is 18.0 Å². The van der Waals surface area contributed by atoms with Crippen molar-refractivity contribution in [1.82, 2.24) is 20.0 Å². The lowest BCUT2D eigenvalue weighted by molar-refractivity contribution is 0.150. The largest absolute Gasteiger partial charge is 0.371 e. The molecular weight excluding hydrogens is 339 g/mol. The van der Waals surface area contributed by atoms with Crippen LogP contribution in [0.15, 0.2) is 24.4 Å². The number of hydrogen-bond donors (Lipinski definition) is 0. The number of hydrogen-bond acceptors (Lipinski definition) is 5. The lowest BCUT2D eigenvalue weighted by Crippen LogP contribution is -2.34. The molecule has 0 bridgehead atoms. The molecule has 0 amide bonds. The molecule has 2 aromatic heterocycles. The molecule has 0 N–H and O–H groups in total. The van der Waals surface area contributed by atoms with Crippen molar-refractivity contribution in [3.05, 3.63) is 29.4 Å². The first-order chi connectivity index (χ1) is 11.6. The SMILES string of the molecule is FC1CCN(c2cccc3c2cnn3-c2nnc(C(F)F)s2)CC1. The standard InChI is InChI=1S/C15H14F3N5S/c16-9-4-6-22(7-5-9)11-2-1-3-12-10(11)8-19-23(12)15-21-20-14(24-15)13(17)18/h1-3,8-9,13H,4-7H2. The highest BCUT2D eigenvalue weighted by Gasteiger charge is 2.22. The van der Waals surface area contributed by atoms with Gasteiger partial charge in [0.1, 0.15) is 6.17 Å². The molecule has 9 heteroatoms. The molecule has 3 heterocycles. The van der Waals surface area contributed by atoms with E-state index in [0.29, 0.717) is 31.1 Å². The van der Waals surface area contributed by atoms with Gasteiger partial charge in [0.05, 0.1) is 11.7 Å². The highest BCUT2D eigenvalue weighted by molar-refractivity contribution is 7.13. The Bertz CT molecular complexity index is 854. The molecule has 3 aromatic rings. The summed E-state index contributed by atoms with van der Waals surface area (Å²) in [6.45, 7) is 1.31. The van der Waals surface area contributed by atoms with Gasteiger partial charge in [0.25, 0.3) is 6.43 Å². The van der Waals surface area contributed by atoms with Crippen LogP contribution in [0.5, 0.6) is 0 Å². The predicted molar refractivity (Wildman–Crippen MR) is 85.8 cm³/mol. The summed E-state index contributed by atoms with van der Waals surface area (Å²) >= 11 is 0.820. The molecule has 24 heavy (non-hydrogen) atoms. The van der Waals surface area contributed by atoms with Crippen LogP contribution >= 0.6 is 11.3 Å². The normalized spacial score (nSPS) is 16.4. The van der Waals surface area contributed by atoms with Crippen LogP contribution in [0.3, 0.4) is 0 Å². The van der Waals surface area contributed by atoms with Gasteiger partial charge in [0.15, 0.2) is 5.01 Å². The Kier molecular flexibility index (Phi) is 3.87. The van der Waals surface area contributed by atoms with Crippen molar-refractivity contribution >= 4 is 27.9 Å². The number of aromatic nitrogens is 4. The van der Waals surface area contributed by atoms with E-state index in [9.17, 15) is 13.2 Å². The van der Waals surface area contributed by atoms with Crippen LogP contribution in [0.25, 0.3) is 16.0 Å². The van der Waals surface area contributed by atoms with E-state index in [2.05, 4.69) is 20.2 Å². The molecule has 0 atom stereocenters. The third-order valence-corrected chi connectivity index (χ3v) is 5.06. The van der Waals surface area contributed by atoms with E-state index >= 15 is 0 Å². The third kappa shape index (κ3) is 2.62. The summed E-state index contributed by atoms with van der Waals surface area (Å²) in [6.07, 6.45) is -0.666. The van der Waals surface area contributed by atoms with Crippen LogP contribution in [-0.4, -0.2) is 39.2 Å². The van der Waals surface area contributed by atoms with E-state index < -0.39 is 12.6 Å². The molecule has 1 aliphatic heterocycles. The summed E-state index contributed by atoms with van der Waals surface area (Å²) in [6, 6.07) is 5.71. The Hall–Kier alpha value is -2.16. The van der Waals surface area contributed by atoms with Crippen molar-refractivity contribution in [3.63, 3.8) is 0 Å². The maximum atomic E-state index is 13.4. The second-order valence-electron chi connectivity index (χ2n) is 5.65. The number of fused-ring (bicyclic) bond motifs is 1. The Morgan fingerprint density at radius 3 is 2.67 bits per heavy atom. The predicted octanol–water partition coefficient (Wildman–Crippen LogP) is 3.75. The van der Waals surface area contributed by atoms with Crippen LogP contribution in [-0.2, 0) is 0 Å². The second-order valence-corrected chi connectivity index (χ2v) is 6.64. The molecule has 0 saturated carbocycles. The van der Waals surface area contributed by atoms with Gasteiger partial charge in [0, 0.05) is 24.2 Å². The first kappa shape index (κ1) is 15.4. The fourth-order valence-corrected chi connectivity index (χ4v) is 3.62. The van der Waals surface area contributed by atoms with Gasteiger partial charge in [-0.05, 0) is 25.0 Å². The smallest absolute Gasteiger partial charge is 0.291 e. The lowest BCUT2D eigenvalue weighted by Gasteiger charge is -2.31. The molecule has 5 nitrogen and oxygen atoms in total. The van der Waals surface area contributed by atoms with Gasteiger partial charge >= 0.3 is 0 Å². The highest BCUT2D eigenvalue weighted by atomic mass is 32.1. The minimum Gasteiger partial charge on any atom is -0.371 e. The first-order valence-corrected chi connectivity index (χ1v) is 8.43. The Labute approximate surface area is 139 Å². The van der Waals surface area contributed by atoms with Crippen LogP contribution < -0.4 is 4.90 Å². The van der Waals surface area contributed by atoms with Crippen LogP contribution in [0, 0.1) is 0 Å². The number of piperidine rings is 1. The van der Waals surface area contributed by atoms with Crippen LogP contribution in [0.2, 0.25) is 0 Å². The Morgan fingerprint density at radius 2 is 1.96 bits per heavy atom. The molecule has 0 radical (unpaired) electrons. The molecule has 0 spiro atoms. The zero-order chi connectivity index (χ0) is 16.7. The molecule has 1 aromatic carbocycles. The molecule has 0 aliphatic carbocycles. The molecule has 1 fully saturated rings. The maximum Gasteiger partial charge on any atom is 0.291 e. The number of benzene rings is 1. The van der Waals surface area contributed by atoms with E-state index in [-0.39, 0.29) is 5.01 Å². The summed E-state index contributed by atoms with van der Waals surface area (Å²) < 4.78 is 40.3. The van der Waals surface area contributed by atoms with Gasteiger partial charge in [-0.1, -0.05) is 17.4 Å². The average Bonchev–Trinajstić information content (AvgIpc) is 3.22. The minimum atomic E-state index is -2.64. The molecule has 1 aliphatic rings. The third-order valence-electron chi connectivity index (χ3n) is 4.15. The van der Waals surface area contributed by atoms with Crippen LogP contribution in [0.4, 0.5) is 18.9 Å². The zero-order valence-electron chi connectivity index (χ0n) is 12.6. The number of alkyl halides is 3. The first-order valence-electron chi connectivity index (χ1n) is 7.61. The van der Waals surface area contributed by atoms with Gasteiger partial charge in [-0.15, -0.1) is 10.2 Å². The Balaban J connectivity index is 1.73. The van der Waals surface area contributed by atoms with Crippen molar-refractivity contribution in [3.8, 4) is 5.13 Å². The van der Waals surface area contributed by atoms with Crippen molar-refractivity contribution in [2.24, 2.45) is 0 Å². The molecular formula is C15H14F3N5S. The van der Waals surface area contributed by atoms with Gasteiger partial charge in [-0.25, -0.2) is 17.9 Å². The van der Waals surface area contributed by atoms with Crippen molar-refractivity contribution in [2.45, 2.75) is 25.4 Å². The average molecular weight is 353 g/mol. The van der Waals surface area contributed by atoms with E-state index in [1.807, 2.05) is 18.2 Å². The van der Waals surface area contributed by atoms with Crippen LogP contribution in [0.1, 0.15) is 24.3 Å². The monoisotopic (exact) mass is 353 g/mol. The number of nitrogens with zero attached hydrogens (tertiary/aromatic N) is 5. The molecule has 126 valence electrons. The summed E-state index contributed by atoms with van der Waals surface area (Å²) in [5.41, 5.74) is 1.75. The minimum absolute atomic E-state index is 0.305. The van der Waals surface area contributed by atoms with Crippen molar-refractivity contribution in [1.29, 1.82) is 0 Å². The van der Waals surface area contributed by atoms with E-state index in [4.69, 9.17) is 0 Å². The second kappa shape index (κ2) is 6.04. The molecule has 1 saturated heterocycles. The number of halogens is 3. The lowest BCUT2D eigenvalue weighted by atomic mass is 10.1. The van der Waals surface area contributed by atoms with Gasteiger partial charge in [0.2, 0.25) is 5.13 Å². The Morgan fingerprint density at radius 1 is 1.17 bits per heavy atom. The molecule has 0 unspecified atom stereocenters. The topological polar surface area (TPSA) is 46.8 Å². The number of rotatable bonds is 3. The summed E-state index contributed by atoms with van der Waals surface area (Å²) in [7, 11) is 0. The fraction of sp³-hybridized carbons (Fsp3) is 0.400. The molecule has 4 rings (SSSR count). The van der Waals surface area contributed by atoms with Gasteiger partial charge in [-0.2, -0.15) is 5.10 Å². The summed E-state index contributed by atoms with van der Waals surface area (Å²) in [5.74, 6) is 0. The summed E-state index contributed by atoms with van der Waals surface area (Å²) in [4.78, 5) is 2.13. The van der Waals surface area contributed by atoms with Gasteiger partial charge in [-0.3, -0.25) is 0 Å². The quantitative estimate of drug-likeness (QED) is 0.719. The number of anilines is 1.